The molecule has 3 aromatic heterocycles. The Morgan fingerprint density at radius 3 is 2.47 bits per heavy atom. The van der Waals surface area contributed by atoms with E-state index in [1.54, 1.807) is 0 Å². The number of imidazole rings is 2. The first-order valence-electron chi connectivity index (χ1n) is 13.6. The standard InChI is InChI=1S/C27H37N9O2/c1-4-20(18-37)34-11-9-33(10-12-34)17-23-29-24-25(32(23)3)30-27(31-26(24)35-13-15-38-16-14-35)36-19(2)28-21-7-5-6-8-22(21)36/h5-8,20,37H,4,9-18H2,1-3H3. The van der Waals surface area contributed by atoms with Gasteiger partial charge in [0, 0.05) is 52.4 Å². The second-order valence-corrected chi connectivity index (χ2v) is 10.2. The third-order valence-corrected chi connectivity index (χ3v) is 7.99. The number of fused-ring (bicyclic) bond motifs is 2. The smallest absolute Gasteiger partial charge is 0.239 e. The molecule has 202 valence electrons. The monoisotopic (exact) mass is 519 g/mol. The van der Waals surface area contributed by atoms with Crippen LogP contribution in [-0.4, -0.2) is 109 Å². The van der Waals surface area contributed by atoms with Gasteiger partial charge in [0.05, 0.1) is 37.4 Å². The molecule has 0 bridgehead atoms. The molecular weight excluding hydrogens is 482 g/mol. The number of para-hydroxylation sites is 2. The van der Waals surface area contributed by atoms with Crippen LogP contribution in [0.1, 0.15) is 25.0 Å². The molecule has 38 heavy (non-hydrogen) atoms. The number of nitrogens with zero attached hydrogens (tertiary/aromatic N) is 9. The number of ether oxygens (including phenoxy) is 1. The van der Waals surface area contributed by atoms with Crippen LogP contribution in [0, 0.1) is 6.92 Å². The van der Waals surface area contributed by atoms with E-state index in [0.29, 0.717) is 19.2 Å². The minimum atomic E-state index is 0.220. The fraction of sp³-hybridized carbons (Fsp3) is 0.556. The maximum atomic E-state index is 9.70. The van der Waals surface area contributed by atoms with Gasteiger partial charge in [-0.3, -0.25) is 14.4 Å². The van der Waals surface area contributed by atoms with Crippen LogP contribution in [0.5, 0.6) is 0 Å². The van der Waals surface area contributed by atoms with Crippen LogP contribution >= 0.6 is 0 Å². The summed E-state index contributed by atoms with van der Waals surface area (Å²) >= 11 is 0. The van der Waals surface area contributed by atoms with Crippen molar-refractivity contribution in [3.05, 3.63) is 35.9 Å². The Balaban J connectivity index is 1.37. The number of piperazine rings is 1. The first kappa shape index (κ1) is 25.2. The predicted octanol–water partition coefficient (Wildman–Crippen LogP) is 1.74. The molecule has 0 spiro atoms. The molecule has 0 aliphatic carbocycles. The number of benzene rings is 1. The number of hydrogen-bond acceptors (Lipinski definition) is 9. The van der Waals surface area contributed by atoms with Gasteiger partial charge in [0.15, 0.2) is 17.0 Å². The summed E-state index contributed by atoms with van der Waals surface area (Å²) in [6.45, 7) is 11.8. The van der Waals surface area contributed by atoms with Gasteiger partial charge in [-0.05, 0) is 25.5 Å². The highest BCUT2D eigenvalue weighted by Gasteiger charge is 2.26. The highest BCUT2D eigenvalue weighted by molar-refractivity contribution is 5.86. The maximum absolute atomic E-state index is 9.70. The molecule has 6 rings (SSSR count). The summed E-state index contributed by atoms with van der Waals surface area (Å²) < 4.78 is 9.79. The predicted molar refractivity (Wildman–Crippen MR) is 147 cm³/mol. The molecular formula is C27H37N9O2. The van der Waals surface area contributed by atoms with E-state index in [1.165, 1.54) is 0 Å². The van der Waals surface area contributed by atoms with Crippen molar-refractivity contribution >= 4 is 28.0 Å². The number of hydrogen-bond donors (Lipinski definition) is 1. The molecule has 2 saturated heterocycles. The topological polar surface area (TPSA) is 101 Å². The molecule has 11 nitrogen and oxygen atoms in total. The van der Waals surface area contributed by atoms with E-state index in [4.69, 9.17) is 24.7 Å². The Morgan fingerprint density at radius 1 is 0.974 bits per heavy atom. The van der Waals surface area contributed by atoms with Crippen molar-refractivity contribution in [1.82, 2.24) is 38.9 Å². The van der Waals surface area contributed by atoms with E-state index >= 15 is 0 Å². The van der Waals surface area contributed by atoms with Crippen LogP contribution in [0.3, 0.4) is 0 Å². The minimum Gasteiger partial charge on any atom is -0.395 e. The molecule has 11 heteroatoms. The molecule has 4 aromatic rings. The molecule has 0 radical (unpaired) electrons. The van der Waals surface area contributed by atoms with E-state index in [-0.39, 0.29) is 12.6 Å². The molecule has 5 heterocycles. The Morgan fingerprint density at radius 2 is 1.74 bits per heavy atom. The largest absolute Gasteiger partial charge is 0.395 e. The Labute approximate surface area is 222 Å². The molecule has 1 unspecified atom stereocenters. The lowest BCUT2D eigenvalue weighted by Gasteiger charge is -2.38. The second kappa shape index (κ2) is 10.6. The number of aryl methyl sites for hydroxylation is 2. The third-order valence-electron chi connectivity index (χ3n) is 7.99. The highest BCUT2D eigenvalue weighted by atomic mass is 16.5. The number of aromatic nitrogens is 6. The van der Waals surface area contributed by atoms with Gasteiger partial charge in [-0.2, -0.15) is 9.97 Å². The first-order chi connectivity index (χ1) is 18.6. The Bertz CT molecular complexity index is 1410. The number of anilines is 1. The van der Waals surface area contributed by atoms with Gasteiger partial charge in [-0.15, -0.1) is 0 Å². The van der Waals surface area contributed by atoms with Crippen molar-refractivity contribution < 1.29 is 9.84 Å². The van der Waals surface area contributed by atoms with E-state index < -0.39 is 0 Å². The van der Waals surface area contributed by atoms with Crippen molar-refractivity contribution in [3.63, 3.8) is 0 Å². The molecule has 2 aliphatic rings. The fourth-order valence-corrected chi connectivity index (χ4v) is 5.71. The number of aliphatic hydroxyl groups is 1. The fourth-order valence-electron chi connectivity index (χ4n) is 5.71. The lowest BCUT2D eigenvalue weighted by atomic mass is 10.1. The van der Waals surface area contributed by atoms with Crippen LogP contribution in [0.4, 0.5) is 5.82 Å². The molecule has 1 atom stereocenters. The van der Waals surface area contributed by atoms with Gasteiger partial charge < -0.3 is 19.3 Å². The summed E-state index contributed by atoms with van der Waals surface area (Å²) in [5.41, 5.74) is 3.58. The lowest BCUT2D eigenvalue weighted by Crippen LogP contribution is -2.51. The van der Waals surface area contributed by atoms with E-state index in [9.17, 15) is 5.11 Å². The zero-order valence-corrected chi connectivity index (χ0v) is 22.5. The molecule has 1 N–H and O–H groups in total. The van der Waals surface area contributed by atoms with Crippen molar-refractivity contribution in [2.24, 2.45) is 7.05 Å². The molecule has 0 saturated carbocycles. The SMILES string of the molecule is CCC(CO)N1CCN(Cc2nc3c(N4CCOCC4)nc(-n4c(C)nc5ccccc54)nc3n2C)CC1. The van der Waals surface area contributed by atoms with E-state index in [1.807, 2.05) is 29.7 Å². The Hall–Kier alpha value is -3.12. The normalized spacial score (nSPS) is 18.6. The van der Waals surface area contributed by atoms with Crippen LogP contribution in [0.2, 0.25) is 0 Å². The van der Waals surface area contributed by atoms with Crippen molar-refractivity contribution in [3.8, 4) is 5.95 Å². The zero-order valence-electron chi connectivity index (χ0n) is 22.5. The van der Waals surface area contributed by atoms with Crippen LogP contribution in [0.25, 0.3) is 28.1 Å². The summed E-state index contributed by atoms with van der Waals surface area (Å²) in [6.07, 6.45) is 0.970. The van der Waals surface area contributed by atoms with Crippen LogP contribution in [-0.2, 0) is 18.3 Å². The maximum Gasteiger partial charge on any atom is 0.239 e. The molecule has 2 aliphatic heterocycles. The first-order valence-corrected chi connectivity index (χ1v) is 13.6. The minimum absolute atomic E-state index is 0.220. The number of morpholine rings is 1. The van der Waals surface area contributed by atoms with Gasteiger partial charge in [-0.25, -0.2) is 9.97 Å². The number of rotatable bonds is 7. The lowest BCUT2D eigenvalue weighted by molar-refractivity contribution is 0.0596. The Kier molecular flexibility index (Phi) is 7.00. The van der Waals surface area contributed by atoms with Crippen LogP contribution < -0.4 is 4.90 Å². The molecule has 1 aromatic carbocycles. The van der Waals surface area contributed by atoms with Crippen molar-refractivity contribution in [2.75, 3.05) is 64.0 Å². The van der Waals surface area contributed by atoms with Gasteiger partial charge in [-0.1, -0.05) is 19.1 Å². The van der Waals surface area contributed by atoms with Crippen molar-refractivity contribution in [1.29, 1.82) is 0 Å². The average Bonchev–Trinajstić information content (AvgIpc) is 3.45. The van der Waals surface area contributed by atoms with Gasteiger partial charge >= 0.3 is 0 Å². The number of aliphatic hydroxyl groups excluding tert-OH is 1. The third kappa shape index (κ3) is 4.53. The average molecular weight is 520 g/mol. The molecule has 2 fully saturated rings. The van der Waals surface area contributed by atoms with E-state index in [2.05, 4.69) is 39.3 Å². The van der Waals surface area contributed by atoms with Gasteiger partial charge in [0.25, 0.3) is 0 Å². The highest BCUT2D eigenvalue weighted by Crippen LogP contribution is 2.28. The quantitative estimate of drug-likeness (QED) is 0.391. The van der Waals surface area contributed by atoms with Crippen LogP contribution in [0.15, 0.2) is 24.3 Å². The van der Waals surface area contributed by atoms with E-state index in [0.717, 1.165) is 91.9 Å². The van der Waals surface area contributed by atoms with Gasteiger partial charge in [0.2, 0.25) is 5.95 Å². The summed E-state index contributed by atoms with van der Waals surface area (Å²) in [7, 11) is 2.05. The second-order valence-electron chi connectivity index (χ2n) is 10.2. The summed E-state index contributed by atoms with van der Waals surface area (Å²) in [5, 5.41) is 9.70. The summed E-state index contributed by atoms with van der Waals surface area (Å²) in [5.74, 6) is 3.30. The van der Waals surface area contributed by atoms with Crippen molar-refractivity contribution in [2.45, 2.75) is 32.9 Å². The zero-order chi connectivity index (χ0) is 26.2. The summed E-state index contributed by atoms with van der Waals surface area (Å²) in [6, 6.07) is 8.35. The van der Waals surface area contributed by atoms with Gasteiger partial charge in [0.1, 0.15) is 11.6 Å². The molecule has 0 amide bonds. The summed E-state index contributed by atoms with van der Waals surface area (Å²) in [4.78, 5) is 27.1.